The third-order valence-corrected chi connectivity index (χ3v) is 2.91. The highest BCUT2D eigenvalue weighted by Gasteiger charge is 2.25. The van der Waals surface area contributed by atoms with Crippen LogP contribution < -0.4 is 0 Å². The summed E-state index contributed by atoms with van der Waals surface area (Å²) in [6, 6.07) is 0. The maximum Gasteiger partial charge on any atom is 0.311 e. The molecule has 6 heteroatoms. The molecule has 1 aromatic rings. The lowest BCUT2D eigenvalue weighted by molar-refractivity contribution is 0.0622. The number of amides is 1. The van der Waals surface area contributed by atoms with E-state index in [4.69, 9.17) is 4.42 Å². The summed E-state index contributed by atoms with van der Waals surface area (Å²) in [6.45, 7) is 7.12. The highest BCUT2D eigenvalue weighted by molar-refractivity contribution is 5.89. The van der Waals surface area contributed by atoms with Gasteiger partial charge in [-0.05, 0) is 7.05 Å². The molecule has 2 heterocycles. The van der Waals surface area contributed by atoms with Crippen LogP contribution in [0.5, 0.6) is 0 Å². The van der Waals surface area contributed by atoms with Crippen molar-refractivity contribution in [2.45, 2.75) is 19.8 Å². The largest absolute Gasteiger partial charge is 0.417 e. The Bertz CT molecular complexity index is 394. The van der Waals surface area contributed by atoms with Crippen molar-refractivity contribution in [1.82, 2.24) is 20.0 Å². The number of hydrogen-bond acceptors (Lipinski definition) is 5. The summed E-state index contributed by atoms with van der Waals surface area (Å²) in [5.74, 6) is 0.620. The summed E-state index contributed by atoms with van der Waals surface area (Å²) in [7, 11) is 2.05. The zero-order valence-corrected chi connectivity index (χ0v) is 10.5. The third-order valence-electron chi connectivity index (χ3n) is 2.91. The SMILES string of the molecule is CC(C)c1nnc(C(=O)N2CCN(C)CC2)o1. The monoisotopic (exact) mass is 238 g/mol. The molecule has 17 heavy (non-hydrogen) atoms. The van der Waals surface area contributed by atoms with Crippen LogP contribution in [0, 0.1) is 0 Å². The van der Waals surface area contributed by atoms with Crippen LogP contribution in [0.2, 0.25) is 0 Å². The number of hydrogen-bond donors (Lipinski definition) is 0. The number of rotatable bonds is 2. The minimum Gasteiger partial charge on any atom is -0.417 e. The maximum absolute atomic E-state index is 12.1. The Hall–Kier alpha value is -1.43. The Labute approximate surface area is 101 Å². The van der Waals surface area contributed by atoms with Crippen molar-refractivity contribution in [3.05, 3.63) is 11.8 Å². The van der Waals surface area contributed by atoms with Gasteiger partial charge in [-0.25, -0.2) is 0 Å². The molecular weight excluding hydrogens is 220 g/mol. The Kier molecular flexibility index (Phi) is 3.42. The molecule has 0 radical (unpaired) electrons. The number of likely N-dealkylation sites (N-methyl/N-ethyl adjacent to an activating group) is 1. The first-order chi connectivity index (χ1) is 8.08. The van der Waals surface area contributed by atoms with Crippen molar-refractivity contribution in [3.63, 3.8) is 0 Å². The van der Waals surface area contributed by atoms with Gasteiger partial charge in [0.05, 0.1) is 0 Å². The number of piperazine rings is 1. The molecule has 1 fully saturated rings. The van der Waals surface area contributed by atoms with Crippen LogP contribution in [-0.2, 0) is 0 Å². The highest BCUT2D eigenvalue weighted by atomic mass is 16.4. The van der Waals surface area contributed by atoms with Gasteiger partial charge in [0.15, 0.2) is 0 Å². The van der Waals surface area contributed by atoms with Crippen LogP contribution in [0.15, 0.2) is 4.42 Å². The zero-order chi connectivity index (χ0) is 12.4. The molecule has 0 aliphatic carbocycles. The molecule has 0 N–H and O–H groups in total. The second kappa shape index (κ2) is 4.83. The maximum atomic E-state index is 12.1. The Morgan fingerprint density at radius 1 is 1.24 bits per heavy atom. The van der Waals surface area contributed by atoms with E-state index in [0.29, 0.717) is 19.0 Å². The summed E-state index contributed by atoms with van der Waals surface area (Å²) in [5, 5.41) is 7.68. The smallest absolute Gasteiger partial charge is 0.311 e. The van der Waals surface area contributed by atoms with Crippen LogP contribution in [0.3, 0.4) is 0 Å². The van der Waals surface area contributed by atoms with E-state index in [2.05, 4.69) is 15.1 Å². The van der Waals surface area contributed by atoms with E-state index >= 15 is 0 Å². The molecule has 0 saturated carbocycles. The molecule has 0 atom stereocenters. The number of carbonyl (C=O) groups excluding carboxylic acids is 1. The number of aromatic nitrogens is 2. The number of carbonyl (C=O) groups is 1. The van der Waals surface area contributed by atoms with Crippen LogP contribution in [0.4, 0.5) is 0 Å². The van der Waals surface area contributed by atoms with Gasteiger partial charge in [0.25, 0.3) is 0 Å². The standard InChI is InChI=1S/C11H18N4O2/c1-8(2)9-12-13-10(17-9)11(16)15-6-4-14(3)5-7-15/h8H,4-7H2,1-3H3. The second-order valence-electron chi connectivity index (χ2n) is 4.70. The van der Waals surface area contributed by atoms with Gasteiger partial charge in [0, 0.05) is 32.1 Å². The second-order valence-corrected chi connectivity index (χ2v) is 4.70. The highest BCUT2D eigenvalue weighted by Crippen LogP contribution is 2.13. The molecular formula is C11H18N4O2. The van der Waals surface area contributed by atoms with Crippen molar-refractivity contribution in [1.29, 1.82) is 0 Å². The predicted octanol–water partition coefficient (Wildman–Crippen LogP) is 0.581. The summed E-state index contributed by atoms with van der Waals surface area (Å²) in [5.41, 5.74) is 0. The Morgan fingerprint density at radius 2 is 1.88 bits per heavy atom. The normalized spacial score (nSPS) is 17.8. The van der Waals surface area contributed by atoms with Crippen LogP contribution in [0.1, 0.15) is 36.3 Å². The van der Waals surface area contributed by atoms with Crippen LogP contribution >= 0.6 is 0 Å². The van der Waals surface area contributed by atoms with Gasteiger partial charge in [-0.15, -0.1) is 10.2 Å². The van der Waals surface area contributed by atoms with Crippen molar-refractivity contribution < 1.29 is 9.21 Å². The van der Waals surface area contributed by atoms with Gasteiger partial charge in [-0.3, -0.25) is 4.79 Å². The third kappa shape index (κ3) is 2.63. The van der Waals surface area contributed by atoms with E-state index < -0.39 is 0 Å². The van der Waals surface area contributed by atoms with Gasteiger partial charge in [-0.1, -0.05) is 13.8 Å². The first kappa shape index (κ1) is 12.0. The van der Waals surface area contributed by atoms with Gasteiger partial charge < -0.3 is 14.2 Å². The summed E-state index contributed by atoms with van der Waals surface area (Å²) >= 11 is 0. The molecule has 0 bridgehead atoms. The molecule has 6 nitrogen and oxygen atoms in total. The number of nitrogens with zero attached hydrogens (tertiary/aromatic N) is 4. The molecule has 1 aromatic heterocycles. The topological polar surface area (TPSA) is 62.5 Å². The summed E-state index contributed by atoms with van der Waals surface area (Å²) < 4.78 is 5.36. The minimum atomic E-state index is -0.155. The summed E-state index contributed by atoms with van der Waals surface area (Å²) in [6.07, 6.45) is 0. The van der Waals surface area contributed by atoms with Crippen molar-refractivity contribution in [2.24, 2.45) is 0 Å². The molecule has 1 saturated heterocycles. The molecule has 94 valence electrons. The summed E-state index contributed by atoms with van der Waals surface area (Å²) in [4.78, 5) is 16.0. The molecule has 1 aliphatic heterocycles. The molecule has 2 rings (SSSR count). The Morgan fingerprint density at radius 3 is 2.41 bits per heavy atom. The zero-order valence-electron chi connectivity index (χ0n) is 10.5. The fourth-order valence-corrected chi connectivity index (χ4v) is 1.70. The van der Waals surface area contributed by atoms with Crippen LogP contribution in [-0.4, -0.2) is 59.1 Å². The fraction of sp³-hybridized carbons (Fsp3) is 0.727. The van der Waals surface area contributed by atoms with E-state index in [1.54, 1.807) is 4.90 Å². The molecule has 0 aromatic carbocycles. The predicted molar refractivity (Wildman–Crippen MR) is 61.8 cm³/mol. The fourth-order valence-electron chi connectivity index (χ4n) is 1.70. The molecule has 0 unspecified atom stereocenters. The van der Waals surface area contributed by atoms with Gasteiger partial charge in [-0.2, -0.15) is 0 Å². The van der Waals surface area contributed by atoms with Crippen molar-refractivity contribution in [2.75, 3.05) is 33.2 Å². The molecule has 1 aliphatic rings. The van der Waals surface area contributed by atoms with Gasteiger partial charge in [0.1, 0.15) is 0 Å². The van der Waals surface area contributed by atoms with E-state index in [1.807, 2.05) is 20.9 Å². The Balaban J connectivity index is 2.03. The first-order valence-corrected chi connectivity index (χ1v) is 5.89. The van der Waals surface area contributed by atoms with Crippen LogP contribution in [0.25, 0.3) is 0 Å². The van der Waals surface area contributed by atoms with Crippen molar-refractivity contribution >= 4 is 5.91 Å². The lowest BCUT2D eigenvalue weighted by atomic mass is 10.2. The van der Waals surface area contributed by atoms with E-state index in [9.17, 15) is 4.79 Å². The lowest BCUT2D eigenvalue weighted by Crippen LogP contribution is -2.47. The van der Waals surface area contributed by atoms with Gasteiger partial charge >= 0.3 is 11.8 Å². The first-order valence-electron chi connectivity index (χ1n) is 5.89. The minimum absolute atomic E-state index is 0.109. The average molecular weight is 238 g/mol. The van der Waals surface area contributed by atoms with Crippen molar-refractivity contribution in [3.8, 4) is 0 Å². The molecule has 0 spiro atoms. The van der Waals surface area contributed by atoms with Gasteiger partial charge in [0.2, 0.25) is 5.89 Å². The lowest BCUT2D eigenvalue weighted by Gasteiger charge is -2.31. The average Bonchev–Trinajstić information content (AvgIpc) is 2.78. The molecule has 1 amide bonds. The van der Waals surface area contributed by atoms with E-state index in [0.717, 1.165) is 13.1 Å². The quantitative estimate of drug-likeness (QED) is 0.754. The van der Waals surface area contributed by atoms with E-state index in [-0.39, 0.29) is 17.7 Å². The van der Waals surface area contributed by atoms with E-state index in [1.165, 1.54) is 0 Å².